The largest absolute Gasteiger partial charge is 0.302 e. The smallest absolute Gasteiger partial charge is 0.131 e. The third-order valence-corrected chi connectivity index (χ3v) is 4.27. The van der Waals surface area contributed by atoms with Crippen LogP contribution in [0.15, 0.2) is 18.2 Å². The van der Waals surface area contributed by atoms with E-state index in [-0.39, 0.29) is 0 Å². The Morgan fingerprint density at radius 2 is 2.15 bits per heavy atom. The Kier molecular flexibility index (Phi) is 5.42. The Balaban J connectivity index is 1.79. The van der Waals surface area contributed by atoms with Gasteiger partial charge in [0.25, 0.3) is 0 Å². The van der Waals surface area contributed by atoms with Crippen LogP contribution in [-0.4, -0.2) is 38.2 Å². The van der Waals surface area contributed by atoms with Crippen LogP contribution in [0.1, 0.15) is 30.0 Å². The SMILES string of the molecule is BCCc1ccc(CC2CN(CCC(C)=O)C2)c(C)c1. The summed E-state index contributed by atoms with van der Waals surface area (Å²) in [6.07, 6.45) is 4.29. The molecule has 108 valence electrons. The Morgan fingerprint density at radius 3 is 2.75 bits per heavy atom. The van der Waals surface area contributed by atoms with Crippen LogP contribution in [0.2, 0.25) is 6.32 Å². The van der Waals surface area contributed by atoms with Crippen LogP contribution in [0.3, 0.4) is 0 Å². The summed E-state index contributed by atoms with van der Waals surface area (Å²) in [5.74, 6) is 1.08. The van der Waals surface area contributed by atoms with E-state index in [1.165, 1.54) is 35.9 Å². The molecule has 20 heavy (non-hydrogen) atoms. The lowest BCUT2D eigenvalue weighted by molar-refractivity contribution is -0.117. The second-order valence-electron chi connectivity index (χ2n) is 6.29. The molecule has 0 saturated carbocycles. The maximum atomic E-state index is 11.0. The highest BCUT2D eigenvalue weighted by Gasteiger charge is 2.26. The minimum atomic E-state index is 0.302. The molecule has 0 aliphatic carbocycles. The standard InChI is InChI=1S/C17H26BNO/c1-13-9-15(5-7-18)3-4-17(13)10-16-11-19(12-16)8-6-14(2)20/h3-4,9,16H,5-8,10-12,18H2,1-2H3. The Hall–Kier alpha value is -1.09. The van der Waals surface area contributed by atoms with Gasteiger partial charge in [-0.1, -0.05) is 24.5 Å². The van der Waals surface area contributed by atoms with Crippen molar-refractivity contribution in [3.63, 3.8) is 0 Å². The summed E-state index contributed by atoms with van der Waals surface area (Å²) in [6, 6.07) is 6.96. The number of carbonyl (C=O) groups excluding carboxylic acids is 1. The van der Waals surface area contributed by atoms with Gasteiger partial charge in [-0.2, -0.15) is 0 Å². The van der Waals surface area contributed by atoms with Gasteiger partial charge in [-0.05, 0) is 49.3 Å². The van der Waals surface area contributed by atoms with Crippen molar-refractivity contribution in [2.24, 2.45) is 5.92 Å². The van der Waals surface area contributed by atoms with Crippen LogP contribution in [0, 0.1) is 12.8 Å². The first-order chi connectivity index (χ1) is 9.58. The predicted octanol–water partition coefficient (Wildman–Crippen LogP) is 2.04. The third kappa shape index (κ3) is 4.21. The molecule has 1 fully saturated rings. The first kappa shape index (κ1) is 15.3. The number of hydrogen-bond donors (Lipinski definition) is 0. The van der Waals surface area contributed by atoms with Gasteiger partial charge in [0.15, 0.2) is 0 Å². The van der Waals surface area contributed by atoms with Gasteiger partial charge in [-0.15, -0.1) is 0 Å². The molecule has 0 aromatic heterocycles. The van der Waals surface area contributed by atoms with Crippen molar-refractivity contribution in [3.05, 3.63) is 34.9 Å². The molecule has 0 atom stereocenters. The van der Waals surface area contributed by atoms with Crippen LogP contribution in [-0.2, 0) is 17.6 Å². The normalized spacial score (nSPS) is 16.1. The number of Topliss-reactive ketones (excluding diaryl/α,β-unsaturated/α-hetero) is 1. The summed E-state index contributed by atoms with van der Waals surface area (Å²) in [5, 5.41) is 0. The van der Waals surface area contributed by atoms with Crippen molar-refractivity contribution in [2.45, 2.75) is 39.4 Å². The van der Waals surface area contributed by atoms with E-state index in [4.69, 9.17) is 0 Å². The highest BCUT2D eigenvalue weighted by atomic mass is 16.1. The number of aryl methyl sites for hydroxylation is 2. The maximum absolute atomic E-state index is 11.0. The molecule has 2 nitrogen and oxygen atoms in total. The van der Waals surface area contributed by atoms with Gasteiger partial charge in [0.2, 0.25) is 0 Å². The molecule has 1 aromatic carbocycles. The molecule has 0 radical (unpaired) electrons. The molecule has 1 aromatic rings. The highest BCUT2D eigenvalue weighted by molar-refractivity contribution is 6.08. The topological polar surface area (TPSA) is 20.3 Å². The van der Waals surface area contributed by atoms with Gasteiger partial charge in [-0.3, -0.25) is 4.79 Å². The van der Waals surface area contributed by atoms with E-state index in [0.29, 0.717) is 12.2 Å². The fourth-order valence-corrected chi connectivity index (χ4v) is 3.05. The molecular formula is C17H26BNO. The number of likely N-dealkylation sites (tertiary alicyclic amines) is 1. The van der Waals surface area contributed by atoms with Crippen molar-refractivity contribution in [1.29, 1.82) is 0 Å². The lowest BCUT2D eigenvalue weighted by Crippen LogP contribution is -2.48. The van der Waals surface area contributed by atoms with Crippen molar-refractivity contribution in [3.8, 4) is 0 Å². The quantitative estimate of drug-likeness (QED) is 0.707. The van der Waals surface area contributed by atoms with Gasteiger partial charge >= 0.3 is 0 Å². The summed E-state index contributed by atoms with van der Waals surface area (Å²) in [7, 11) is 2.23. The second-order valence-corrected chi connectivity index (χ2v) is 6.29. The van der Waals surface area contributed by atoms with E-state index < -0.39 is 0 Å². The Bertz CT molecular complexity index is 466. The van der Waals surface area contributed by atoms with Gasteiger partial charge in [-0.25, -0.2) is 0 Å². The Labute approximate surface area is 124 Å². The average molecular weight is 271 g/mol. The minimum absolute atomic E-state index is 0.302. The van der Waals surface area contributed by atoms with Crippen molar-refractivity contribution < 1.29 is 4.79 Å². The predicted molar refractivity (Wildman–Crippen MR) is 87.2 cm³/mol. The number of rotatable bonds is 7. The number of hydrogen-bond acceptors (Lipinski definition) is 2. The molecule has 1 aliphatic heterocycles. The lowest BCUT2D eigenvalue weighted by atomic mass is 9.88. The van der Waals surface area contributed by atoms with Gasteiger partial charge in [0.05, 0.1) is 0 Å². The van der Waals surface area contributed by atoms with Crippen LogP contribution >= 0.6 is 0 Å². The molecular weight excluding hydrogens is 245 g/mol. The summed E-state index contributed by atoms with van der Waals surface area (Å²) in [4.78, 5) is 13.4. The third-order valence-electron chi connectivity index (χ3n) is 4.27. The fraction of sp³-hybridized carbons (Fsp3) is 0.588. The number of ketones is 1. The first-order valence-electron chi connectivity index (χ1n) is 7.88. The zero-order chi connectivity index (χ0) is 14.5. The number of nitrogens with zero attached hydrogens (tertiary/aromatic N) is 1. The summed E-state index contributed by atoms with van der Waals surface area (Å²) in [6.45, 7) is 7.17. The van der Waals surface area contributed by atoms with Gasteiger partial charge in [0, 0.05) is 26.1 Å². The molecule has 0 unspecified atom stereocenters. The monoisotopic (exact) mass is 271 g/mol. The fourth-order valence-electron chi connectivity index (χ4n) is 3.05. The zero-order valence-corrected chi connectivity index (χ0v) is 13.1. The van der Waals surface area contributed by atoms with Crippen LogP contribution in [0.5, 0.6) is 0 Å². The van der Waals surface area contributed by atoms with Gasteiger partial charge < -0.3 is 4.90 Å². The lowest BCUT2D eigenvalue weighted by Gasteiger charge is -2.39. The summed E-state index contributed by atoms with van der Waals surface area (Å²) >= 11 is 0. The highest BCUT2D eigenvalue weighted by Crippen LogP contribution is 2.23. The first-order valence-corrected chi connectivity index (χ1v) is 7.88. The van der Waals surface area contributed by atoms with E-state index in [1.54, 1.807) is 6.92 Å². The van der Waals surface area contributed by atoms with E-state index >= 15 is 0 Å². The van der Waals surface area contributed by atoms with Gasteiger partial charge in [0.1, 0.15) is 13.6 Å². The summed E-state index contributed by atoms with van der Waals surface area (Å²) in [5.41, 5.74) is 4.41. The molecule has 0 N–H and O–H groups in total. The number of carbonyl (C=O) groups is 1. The van der Waals surface area contributed by atoms with Crippen molar-refractivity contribution in [2.75, 3.05) is 19.6 Å². The molecule has 2 rings (SSSR count). The summed E-state index contributed by atoms with van der Waals surface area (Å²) < 4.78 is 0. The molecule has 3 heteroatoms. The van der Waals surface area contributed by atoms with E-state index in [0.717, 1.165) is 25.6 Å². The maximum Gasteiger partial charge on any atom is 0.131 e. The molecule has 0 amide bonds. The van der Waals surface area contributed by atoms with Crippen LogP contribution in [0.25, 0.3) is 0 Å². The van der Waals surface area contributed by atoms with Crippen molar-refractivity contribution >= 4 is 13.6 Å². The molecule has 1 aliphatic rings. The molecule has 0 spiro atoms. The van der Waals surface area contributed by atoms with Crippen molar-refractivity contribution in [1.82, 2.24) is 4.90 Å². The zero-order valence-electron chi connectivity index (χ0n) is 13.1. The van der Waals surface area contributed by atoms with E-state index in [9.17, 15) is 4.79 Å². The molecule has 1 heterocycles. The molecule has 0 bridgehead atoms. The minimum Gasteiger partial charge on any atom is -0.302 e. The van der Waals surface area contributed by atoms with E-state index in [1.807, 2.05) is 0 Å². The van der Waals surface area contributed by atoms with E-state index in [2.05, 4.69) is 37.9 Å². The van der Waals surface area contributed by atoms with Crippen LogP contribution < -0.4 is 0 Å². The Morgan fingerprint density at radius 1 is 1.40 bits per heavy atom. The van der Waals surface area contributed by atoms with Crippen LogP contribution in [0.4, 0.5) is 0 Å². The second kappa shape index (κ2) is 7.08. The number of benzene rings is 1. The molecule has 1 saturated heterocycles. The average Bonchev–Trinajstić information content (AvgIpc) is 2.34.